The minimum absolute atomic E-state index is 0.0816. The van der Waals surface area contributed by atoms with Crippen LogP contribution in [-0.2, 0) is 11.3 Å². The van der Waals surface area contributed by atoms with E-state index in [0.717, 1.165) is 71.6 Å². The zero-order valence-corrected chi connectivity index (χ0v) is 20.0. The Bertz CT molecular complexity index is 1180. The van der Waals surface area contributed by atoms with E-state index in [1.54, 1.807) is 0 Å². The number of nitrogens with zero attached hydrogens (tertiary/aromatic N) is 2. The number of benzene rings is 3. The van der Waals surface area contributed by atoms with Gasteiger partial charge in [0.2, 0.25) is 0 Å². The number of carbonyl (C=O) groups excluding carboxylic acids is 1. The molecule has 0 spiro atoms. The minimum atomic E-state index is -0.986. The summed E-state index contributed by atoms with van der Waals surface area (Å²) in [6, 6.07) is 31.4. The maximum Gasteiger partial charge on any atom is 0.101 e. The smallest absolute Gasteiger partial charge is 0.101 e. The molecule has 0 amide bonds. The van der Waals surface area contributed by atoms with Crippen LogP contribution in [0.25, 0.3) is 33.6 Å². The van der Waals surface area contributed by atoms with Gasteiger partial charge in [0, 0.05) is 29.0 Å². The van der Waals surface area contributed by atoms with Crippen LogP contribution in [0.4, 0.5) is 0 Å². The number of carboxylic acid groups (broad SMARTS) is 1. The van der Waals surface area contributed by atoms with Crippen LogP contribution in [0, 0.1) is 0 Å². The molecule has 0 aliphatic carbocycles. The van der Waals surface area contributed by atoms with E-state index in [9.17, 15) is 9.90 Å². The van der Waals surface area contributed by atoms with Crippen molar-refractivity contribution in [1.82, 2.24) is 9.78 Å². The standard InChI is InChI=1S/C29H30N2O2S/c32-26(33)22-34-21-13-2-1-12-20-31-29(25-18-10-5-11-19-25)27(23-14-6-3-7-15-23)28(30-31)24-16-8-4-9-17-24/h3-11,14-19H,1-2,12-13,20-22H2,(H,32,33)/p-1. The van der Waals surface area contributed by atoms with E-state index in [4.69, 9.17) is 5.10 Å². The Labute approximate surface area is 205 Å². The lowest BCUT2D eigenvalue weighted by molar-refractivity contribution is -0.301. The highest BCUT2D eigenvalue weighted by molar-refractivity contribution is 7.99. The number of unbranched alkanes of at least 4 members (excludes halogenated alkanes) is 3. The summed E-state index contributed by atoms with van der Waals surface area (Å²) in [7, 11) is 0. The molecular weight excluding hydrogens is 440 g/mol. The minimum Gasteiger partial charge on any atom is -0.549 e. The summed E-state index contributed by atoms with van der Waals surface area (Å²) in [4.78, 5) is 10.5. The van der Waals surface area contributed by atoms with Crippen molar-refractivity contribution in [3.05, 3.63) is 91.0 Å². The molecule has 0 aliphatic rings. The highest BCUT2D eigenvalue weighted by atomic mass is 32.2. The van der Waals surface area contributed by atoms with Gasteiger partial charge in [0.05, 0.1) is 11.7 Å². The predicted octanol–water partition coefficient (Wildman–Crippen LogP) is 5.93. The van der Waals surface area contributed by atoms with Crippen molar-refractivity contribution in [2.75, 3.05) is 11.5 Å². The fourth-order valence-electron chi connectivity index (χ4n) is 4.16. The van der Waals surface area contributed by atoms with E-state index < -0.39 is 5.97 Å². The number of hydrogen-bond acceptors (Lipinski definition) is 4. The summed E-state index contributed by atoms with van der Waals surface area (Å²) in [5.41, 5.74) is 6.75. The molecule has 0 radical (unpaired) electrons. The number of aliphatic carboxylic acids is 1. The largest absolute Gasteiger partial charge is 0.549 e. The van der Waals surface area contributed by atoms with E-state index in [2.05, 4.69) is 77.5 Å². The van der Waals surface area contributed by atoms with Crippen LogP contribution in [0.1, 0.15) is 25.7 Å². The van der Waals surface area contributed by atoms with E-state index >= 15 is 0 Å². The van der Waals surface area contributed by atoms with Crippen LogP contribution in [0.3, 0.4) is 0 Å². The molecule has 0 N–H and O–H groups in total. The van der Waals surface area contributed by atoms with Gasteiger partial charge in [0.15, 0.2) is 0 Å². The third-order valence-corrected chi connectivity index (χ3v) is 6.76. The summed E-state index contributed by atoms with van der Waals surface area (Å²) >= 11 is 1.44. The van der Waals surface area contributed by atoms with Crippen molar-refractivity contribution in [3.63, 3.8) is 0 Å². The van der Waals surface area contributed by atoms with Gasteiger partial charge in [-0.25, -0.2) is 0 Å². The first-order chi connectivity index (χ1) is 16.7. The molecule has 0 unspecified atom stereocenters. The van der Waals surface area contributed by atoms with Crippen LogP contribution in [0.5, 0.6) is 0 Å². The van der Waals surface area contributed by atoms with Crippen molar-refractivity contribution in [2.24, 2.45) is 0 Å². The number of hydrogen-bond donors (Lipinski definition) is 0. The van der Waals surface area contributed by atoms with Gasteiger partial charge >= 0.3 is 0 Å². The van der Waals surface area contributed by atoms with Gasteiger partial charge in [-0.15, -0.1) is 0 Å². The molecule has 4 aromatic rings. The second-order valence-corrected chi connectivity index (χ2v) is 9.34. The molecule has 0 saturated heterocycles. The molecular formula is C29H29N2O2S-. The molecule has 0 saturated carbocycles. The number of thioether (sulfide) groups is 1. The topological polar surface area (TPSA) is 57.9 Å². The SMILES string of the molecule is O=C([O-])CSCCCCCCn1nc(-c2ccccc2)c(-c2ccccc2)c1-c1ccccc1. The number of aryl methyl sites for hydroxylation is 1. The first-order valence-electron chi connectivity index (χ1n) is 11.8. The monoisotopic (exact) mass is 469 g/mol. The zero-order chi connectivity index (χ0) is 23.6. The summed E-state index contributed by atoms with van der Waals surface area (Å²) in [5.74, 6) is -0.0416. The average Bonchev–Trinajstić information content (AvgIpc) is 3.26. The van der Waals surface area contributed by atoms with Gasteiger partial charge in [-0.1, -0.05) is 104 Å². The van der Waals surface area contributed by atoms with E-state index in [1.165, 1.54) is 11.8 Å². The van der Waals surface area contributed by atoms with E-state index in [-0.39, 0.29) is 5.75 Å². The third-order valence-electron chi connectivity index (χ3n) is 5.74. The first kappa shape index (κ1) is 23.8. The van der Waals surface area contributed by atoms with Gasteiger partial charge in [-0.3, -0.25) is 4.68 Å². The summed E-state index contributed by atoms with van der Waals surface area (Å²) < 4.78 is 2.17. The van der Waals surface area contributed by atoms with Gasteiger partial charge in [-0.2, -0.15) is 16.9 Å². The normalized spacial score (nSPS) is 10.9. The van der Waals surface area contributed by atoms with Crippen molar-refractivity contribution in [3.8, 4) is 33.6 Å². The van der Waals surface area contributed by atoms with Crippen LogP contribution in [0.15, 0.2) is 91.0 Å². The highest BCUT2D eigenvalue weighted by Gasteiger charge is 2.21. The summed E-state index contributed by atoms with van der Waals surface area (Å²) in [5, 5.41) is 15.7. The lowest BCUT2D eigenvalue weighted by Gasteiger charge is -2.11. The Kier molecular flexibility index (Phi) is 8.58. The van der Waals surface area contributed by atoms with Crippen LogP contribution >= 0.6 is 11.8 Å². The molecule has 0 fully saturated rings. The molecule has 3 aromatic carbocycles. The molecule has 4 rings (SSSR count). The third kappa shape index (κ3) is 6.17. The maximum atomic E-state index is 10.5. The highest BCUT2D eigenvalue weighted by Crippen LogP contribution is 2.40. The van der Waals surface area contributed by atoms with Crippen molar-refractivity contribution in [1.29, 1.82) is 0 Å². The summed E-state index contributed by atoms with van der Waals surface area (Å²) in [6.07, 6.45) is 4.21. The van der Waals surface area contributed by atoms with Crippen molar-refractivity contribution in [2.45, 2.75) is 32.2 Å². The summed E-state index contributed by atoms with van der Waals surface area (Å²) in [6.45, 7) is 0.836. The fourth-order valence-corrected chi connectivity index (χ4v) is 4.88. The predicted molar refractivity (Wildman–Crippen MR) is 139 cm³/mol. The van der Waals surface area contributed by atoms with Gasteiger partial charge < -0.3 is 9.90 Å². The number of aromatic nitrogens is 2. The van der Waals surface area contributed by atoms with Crippen LogP contribution < -0.4 is 5.11 Å². The molecule has 0 bridgehead atoms. The number of rotatable bonds is 12. The fraction of sp³-hybridized carbons (Fsp3) is 0.241. The van der Waals surface area contributed by atoms with Crippen molar-refractivity contribution < 1.29 is 9.90 Å². The molecule has 5 heteroatoms. The quantitative estimate of drug-likeness (QED) is 0.241. The Hall–Kier alpha value is -3.31. The van der Waals surface area contributed by atoms with E-state index in [1.807, 2.05) is 18.2 Å². The lowest BCUT2D eigenvalue weighted by Crippen LogP contribution is -2.24. The first-order valence-corrected chi connectivity index (χ1v) is 12.9. The molecule has 34 heavy (non-hydrogen) atoms. The molecule has 1 aromatic heterocycles. The number of carbonyl (C=O) groups is 1. The molecule has 174 valence electrons. The second kappa shape index (κ2) is 12.2. The Balaban J connectivity index is 1.61. The average molecular weight is 470 g/mol. The van der Waals surface area contributed by atoms with Crippen LogP contribution in [0.2, 0.25) is 0 Å². The van der Waals surface area contributed by atoms with Gasteiger partial charge in [-0.05, 0) is 24.2 Å². The van der Waals surface area contributed by atoms with Crippen LogP contribution in [-0.4, -0.2) is 27.3 Å². The second-order valence-electron chi connectivity index (χ2n) is 8.23. The molecule has 4 nitrogen and oxygen atoms in total. The Morgan fingerprint density at radius 3 is 1.91 bits per heavy atom. The molecule has 0 aliphatic heterocycles. The van der Waals surface area contributed by atoms with Crippen molar-refractivity contribution >= 4 is 17.7 Å². The lowest BCUT2D eigenvalue weighted by atomic mass is 9.96. The maximum absolute atomic E-state index is 10.5. The van der Waals surface area contributed by atoms with Gasteiger partial charge in [0.1, 0.15) is 5.69 Å². The Morgan fingerprint density at radius 1 is 0.735 bits per heavy atom. The Morgan fingerprint density at radius 2 is 1.29 bits per heavy atom. The number of carboxylic acids is 1. The van der Waals surface area contributed by atoms with Gasteiger partial charge in [0.25, 0.3) is 0 Å². The van der Waals surface area contributed by atoms with E-state index in [0.29, 0.717) is 0 Å². The zero-order valence-electron chi connectivity index (χ0n) is 19.2. The molecule has 1 heterocycles. The molecule has 0 atom stereocenters.